The lowest BCUT2D eigenvalue weighted by Gasteiger charge is -2.33. The van der Waals surface area contributed by atoms with Crippen molar-refractivity contribution in [3.8, 4) is 0 Å². The van der Waals surface area contributed by atoms with Gasteiger partial charge >= 0.3 is 5.97 Å². The van der Waals surface area contributed by atoms with Gasteiger partial charge in [0.2, 0.25) is 5.91 Å². The van der Waals surface area contributed by atoms with Crippen LogP contribution in [0.25, 0.3) is 0 Å². The molecule has 1 unspecified atom stereocenters. The summed E-state index contributed by atoms with van der Waals surface area (Å²) in [6.07, 6.45) is 1.25. The Morgan fingerprint density at radius 1 is 1.21 bits per heavy atom. The van der Waals surface area contributed by atoms with Crippen molar-refractivity contribution < 1.29 is 14.7 Å². The van der Waals surface area contributed by atoms with Crippen LogP contribution in [0.1, 0.15) is 54.4 Å². The summed E-state index contributed by atoms with van der Waals surface area (Å²) < 4.78 is 0. The van der Waals surface area contributed by atoms with Gasteiger partial charge in [-0.05, 0) is 41.0 Å². The van der Waals surface area contributed by atoms with Crippen LogP contribution >= 0.6 is 0 Å². The van der Waals surface area contributed by atoms with Gasteiger partial charge in [-0.3, -0.25) is 14.9 Å². The van der Waals surface area contributed by atoms with Crippen molar-refractivity contribution in [3.63, 3.8) is 0 Å². The molecule has 112 valence electrons. The second kappa shape index (κ2) is 7.48. The van der Waals surface area contributed by atoms with Crippen molar-refractivity contribution in [3.05, 3.63) is 0 Å². The van der Waals surface area contributed by atoms with Crippen LogP contribution in [0.5, 0.6) is 0 Å². The van der Waals surface area contributed by atoms with Crippen molar-refractivity contribution in [1.82, 2.24) is 10.2 Å². The first-order valence-corrected chi connectivity index (χ1v) is 6.95. The Kier molecular flexibility index (Phi) is 7.05. The normalized spacial score (nSPS) is 14.5. The number of carbonyl (C=O) groups is 2. The summed E-state index contributed by atoms with van der Waals surface area (Å²) in [5.41, 5.74) is -1.04. The van der Waals surface area contributed by atoms with Gasteiger partial charge in [-0.2, -0.15) is 0 Å². The maximum Gasteiger partial charge on any atom is 0.323 e. The highest BCUT2D eigenvalue weighted by molar-refractivity contribution is 5.82. The third kappa shape index (κ3) is 5.19. The van der Waals surface area contributed by atoms with E-state index in [0.717, 1.165) is 6.42 Å². The lowest BCUT2D eigenvalue weighted by atomic mass is 9.96. The predicted molar refractivity (Wildman–Crippen MR) is 76.1 cm³/mol. The molecule has 0 saturated carbocycles. The molecule has 2 N–H and O–H groups in total. The van der Waals surface area contributed by atoms with Crippen molar-refractivity contribution in [2.75, 3.05) is 6.54 Å². The molecule has 5 heteroatoms. The Morgan fingerprint density at radius 3 is 2.00 bits per heavy atom. The lowest BCUT2D eigenvalue weighted by Crippen LogP contribution is -2.54. The zero-order valence-electron chi connectivity index (χ0n) is 13.0. The number of nitrogens with zero attached hydrogens (tertiary/aromatic N) is 1. The molecular formula is C14H28N2O3. The second-order valence-corrected chi connectivity index (χ2v) is 5.73. The van der Waals surface area contributed by atoms with Gasteiger partial charge in [-0.1, -0.05) is 13.3 Å². The quantitative estimate of drug-likeness (QED) is 0.707. The van der Waals surface area contributed by atoms with Gasteiger partial charge in [-0.25, -0.2) is 0 Å². The standard InChI is InChI=1S/C14H28N2O3/c1-7-8-14(6,13(18)19)15-9-12(17)16(10(2)3)11(4)5/h10-11,15H,7-9H2,1-6H3,(H,18,19). The maximum atomic E-state index is 12.2. The molecule has 19 heavy (non-hydrogen) atoms. The van der Waals surface area contributed by atoms with E-state index in [4.69, 9.17) is 0 Å². The van der Waals surface area contributed by atoms with E-state index in [1.54, 1.807) is 11.8 Å². The summed E-state index contributed by atoms with van der Waals surface area (Å²) in [4.78, 5) is 25.2. The van der Waals surface area contributed by atoms with E-state index in [0.29, 0.717) is 6.42 Å². The van der Waals surface area contributed by atoms with E-state index in [1.807, 2.05) is 34.6 Å². The van der Waals surface area contributed by atoms with Gasteiger partial charge in [0.05, 0.1) is 6.54 Å². The van der Waals surface area contributed by atoms with E-state index in [9.17, 15) is 14.7 Å². The van der Waals surface area contributed by atoms with E-state index >= 15 is 0 Å². The average molecular weight is 272 g/mol. The molecule has 0 aromatic rings. The Labute approximate surface area is 116 Å². The molecule has 0 aromatic heterocycles. The number of nitrogens with one attached hydrogen (secondary N) is 1. The molecule has 0 saturated heterocycles. The molecule has 0 fully saturated rings. The largest absolute Gasteiger partial charge is 0.480 e. The average Bonchev–Trinajstić information content (AvgIpc) is 2.25. The molecule has 0 radical (unpaired) electrons. The molecular weight excluding hydrogens is 244 g/mol. The number of hydrogen-bond acceptors (Lipinski definition) is 3. The molecule has 0 bridgehead atoms. The predicted octanol–water partition coefficient (Wildman–Crippen LogP) is 1.86. The summed E-state index contributed by atoms with van der Waals surface area (Å²) in [5.74, 6) is -0.976. The lowest BCUT2D eigenvalue weighted by molar-refractivity contribution is -0.145. The fourth-order valence-electron chi connectivity index (χ4n) is 2.31. The van der Waals surface area contributed by atoms with Crippen molar-refractivity contribution in [1.29, 1.82) is 0 Å². The first-order valence-electron chi connectivity index (χ1n) is 6.95. The van der Waals surface area contributed by atoms with Crippen LogP contribution in [-0.2, 0) is 9.59 Å². The minimum atomic E-state index is -1.04. The number of carbonyl (C=O) groups excluding carboxylic acids is 1. The van der Waals surface area contributed by atoms with Gasteiger partial charge in [0.25, 0.3) is 0 Å². The molecule has 0 aromatic carbocycles. The Bertz CT molecular complexity index is 308. The molecule has 5 nitrogen and oxygen atoms in total. The number of aliphatic carboxylic acids is 1. The zero-order valence-corrected chi connectivity index (χ0v) is 13.0. The summed E-state index contributed by atoms with van der Waals surface area (Å²) >= 11 is 0. The van der Waals surface area contributed by atoms with Crippen LogP contribution in [0.2, 0.25) is 0 Å². The van der Waals surface area contributed by atoms with Gasteiger partial charge in [0, 0.05) is 12.1 Å². The minimum Gasteiger partial charge on any atom is -0.480 e. The van der Waals surface area contributed by atoms with Crippen LogP contribution in [0.3, 0.4) is 0 Å². The molecule has 0 heterocycles. The van der Waals surface area contributed by atoms with Crippen molar-refractivity contribution in [2.45, 2.75) is 72.0 Å². The van der Waals surface area contributed by atoms with E-state index in [2.05, 4.69) is 5.32 Å². The van der Waals surface area contributed by atoms with Crippen LogP contribution in [0, 0.1) is 0 Å². The molecule has 1 atom stereocenters. The number of amides is 1. The monoisotopic (exact) mass is 272 g/mol. The highest BCUT2D eigenvalue weighted by atomic mass is 16.4. The van der Waals surface area contributed by atoms with E-state index < -0.39 is 11.5 Å². The van der Waals surface area contributed by atoms with Crippen LogP contribution < -0.4 is 5.32 Å². The highest BCUT2D eigenvalue weighted by Crippen LogP contribution is 2.13. The Morgan fingerprint density at radius 2 is 1.68 bits per heavy atom. The first kappa shape index (κ1) is 17.9. The molecule has 0 aliphatic carbocycles. The first-order chi connectivity index (χ1) is 8.65. The third-order valence-corrected chi connectivity index (χ3v) is 3.25. The number of rotatable bonds is 8. The topological polar surface area (TPSA) is 69.6 Å². The van der Waals surface area contributed by atoms with E-state index in [-0.39, 0.29) is 24.5 Å². The number of hydrogen-bond donors (Lipinski definition) is 2. The Hall–Kier alpha value is -1.10. The summed E-state index contributed by atoms with van der Waals surface area (Å²) in [5, 5.41) is 12.1. The summed E-state index contributed by atoms with van der Waals surface area (Å²) in [6, 6.07) is 0.216. The van der Waals surface area contributed by atoms with Crippen LogP contribution in [0.15, 0.2) is 0 Å². The molecule has 0 rings (SSSR count). The fourth-order valence-corrected chi connectivity index (χ4v) is 2.31. The van der Waals surface area contributed by atoms with Gasteiger partial charge in [0.15, 0.2) is 0 Å². The molecule has 0 spiro atoms. The SMILES string of the molecule is CCCC(C)(NCC(=O)N(C(C)C)C(C)C)C(=O)O. The zero-order chi connectivity index (χ0) is 15.2. The maximum absolute atomic E-state index is 12.2. The molecule has 0 aliphatic rings. The Balaban J connectivity index is 4.68. The third-order valence-electron chi connectivity index (χ3n) is 3.25. The number of carboxylic acids is 1. The number of carboxylic acid groups (broad SMARTS) is 1. The van der Waals surface area contributed by atoms with Gasteiger partial charge in [0.1, 0.15) is 5.54 Å². The summed E-state index contributed by atoms with van der Waals surface area (Å²) in [6.45, 7) is 11.4. The highest BCUT2D eigenvalue weighted by Gasteiger charge is 2.33. The van der Waals surface area contributed by atoms with Gasteiger partial charge in [-0.15, -0.1) is 0 Å². The molecule has 0 aliphatic heterocycles. The second-order valence-electron chi connectivity index (χ2n) is 5.73. The minimum absolute atomic E-state index is 0.0547. The van der Waals surface area contributed by atoms with Crippen molar-refractivity contribution in [2.24, 2.45) is 0 Å². The van der Waals surface area contributed by atoms with Crippen molar-refractivity contribution >= 4 is 11.9 Å². The summed E-state index contributed by atoms with van der Waals surface area (Å²) in [7, 11) is 0. The molecule has 1 amide bonds. The van der Waals surface area contributed by atoms with E-state index in [1.165, 1.54) is 0 Å². The van der Waals surface area contributed by atoms with Crippen LogP contribution in [-0.4, -0.2) is 46.1 Å². The smallest absolute Gasteiger partial charge is 0.323 e. The fraction of sp³-hybridized carbons (Fsp3) is 0.857. The van der Waals surface area contributed by atoms with Gasteiger partial charge < -0.3 is 10.0 Å². The van der Waals surface area contributed by atoms with Crippen LogP contribution in [0.4, 0.5) is 0 Å².